The van der Waals surface area contributed by atoms with Crippen LogP contribution in [0.4, 0.5) is 0 Å². The van der Waals surface area contributed by atoms with Gasteiger partial charge < -0.3 is 14.6 Å². The van der Waals surface area contributed by atoms with Gasteiger partial charge in [0, 0.05) is 6.54 Å². The van der Waals surface area contributed by atoms with E-state index in [0.717, 1.165) is 0 Å². The molecule has 21 heavy (non-hydrogen) atoms. The number of sulfonamides is 1. The van der Waals surface area contributed by atoms with Crippen LogP contribution in [0.2, 0.25) is 0 Å². The van der Waals surface area contributed by atoms with Crippen LogP contribution in [-0.4, -0.2) is 45.4 Å². The maximum absolute atomic E-state index is 12.0. The van der Waals surface area contributed by atoms with E-state index in [1.165, 1.54) is 24.3 Å². The Morgan fingerprint density at radius 1 is 1.29 bits per heavy atom. The average molecular weight is 317 g/mol. The summed E-state index contributed by atoms with van der Waals surface area (Å²) in [6.07, 6.45) is 0.0418. The van der Waals surface area contributed by atoms with E-state index in [-0.39, 0.29) is 24.2 Å². The average Bonchev–Trinajstić information content (AvgIpc) is 2.41. The van der Waals surface area contributed by atoms with E-state index in [9.17, 15) is 13.2 Å². The van der Waals surface area contributed by atoms with Gasteiger partial charge in [-0.1, -0.05) is 0 Å². The zero-order valence-electron chi connectivity index (χ0n) is 11.9. The molecule has 0 bridgehead atoms. The molecule has 0 heterocycles. The predicted molar refractivity (Wildman–Crippen MR) is 75.8 cm³/mol. The number of carboxylic acids is 1. The Kier molecular flexibility index (Phi) is 6.60. The number of ether oxygens (including phenoxy) is 2. The molecule has 0 aliphatic carbocycles. The van der Waals surface area contributed by atoms with Gasteiger partial charge in [0.2, 0.25) is 10.0 Å². The molecule has 1 aromatic carbocycles. The number of aliphatic carboxylic acids is 1. The van der Waals surface area contributed by atoms with Crippen molar-refractivity contribution >= 4 is 16.0 Å². The summed E-state index contributed by atoms with van der Waals surface area (Å²) in [4.78, 5) is 10.4. The summed E-state index contributed by atoms with van der Waals surface area (Å²) in [7, 11) is -3.61. The second kappa shape index (κ2) is 7.96. The van der Waals surface area contributed by atoms with Crippen LogP contribution in [-0.2, 0) is 19.6 Å². The molecule has 0 amide bonds. The monoisotopic (exact) mass is 317 g/mol. The molecule has 2 N–H and O–H groups in total. The van der Waals surface area contributed by atoms with Crippen LogP contribution in [0.1, 0.15) is 13.8 Å². The van der Waals surface area contributed by atoms with Gasteiger partial charge >= 0.3 is 5.97 Å². The molecule has 0 spiro atoms. The van der Waals surface area contributed by atoms with Crippen molar-refractivity contribution in [1.82, 2.24) is 4.72 Å². The lowest BCUT2D eigenvalue weighted by Crippen LogP contribution is -2.28. The number of hydrogen-bond acceptors (Lipinski definition) is 5. The standard InChI is InChI=1S/C13H19NO6S/c1-10(2)19-8-7-14-21(17,18)12-5-3-11(4-6-12)20-9-13(15)16/h3-6,10,14H,7-9H2,1-2H3,(H,15,16). The lowest BCUT2D eigenvalue weighted by molar-refractivity contribution is -0.139. The summed E-state index contributed by atoms with van der Waals surface area (Å²) < 4.78 is 36.5. The Hall–Kier alpha value is -1.64. The molecule has 1 rings (SSSR count). The van der Waals surface area contributed by atoms with Crippen LogP contribution < -0.4 is 9.46 Å². The number of hydrogen-bond donors (Lipinski definition) is 2. The highest BCUT2D eigenvalue weighted by Crippen LogP contribution is 2.15. The van der Waals surface area contributed by atoms with E-state index in [1.807, 2.05) is 13.8 Å². The Labute approximate surface area is 123 Å². The van der Waals surface area contributed by atoms with Gasteiger partial charge in [-0.15, -0.1) is 0 Å². The third-order valence-corrected chi connectivity index (χ3v) is 3.82. The number of rotatable bonds is 9. The largest absolute Gasteiger partial charge is 0.482 e. The Morgan fingerprint density at radius 2 is 1.90 bits per heavy atom. The molecule has 0 fully saturated rings. The van der Waals surface area contributed by atoms with E-state index in [4.69, 9.17) is 14.6 Å². The first-order valence-corrected chi connectivity index (χ1v) is 7.85. The van der Waals surface area contributed by atoms with Crippen molar-refractivity contribution in [2.24, 2.45) is 0 Å². The zero-order valence-corrected chi connectivity index (χ0v) is 12.7. The lowest BCUT2D eigenvalue weighted by Gasteiger charge is -2.10. The fourth-order valence-electron chi connectivity index (χ4n) is 1.41. The van der Waals surface area contributed by atoms with Crippen LogP contribution in [0, 0.1) is 0 Å². The molecule has 0 aliphatic rings. The van der Waals surface area contributed by atoms with Crippen LogP contribution in [0.3, 0.4) is 0 Å². The summed E-state index contributed by atoms with van der Waals surface area (Å²) in [5, 5.41) is 8.48. The molecule has 0 saturated carbocycles. The molecule has 7 nitrogen and oxygen atoms in total. The summed E-state index contributed by atoms with van der Waals surface area (Å²) in [6, 6.07) is 5.51. The molecule has 118 valence electrons. The fraction of sp³-hybridized carbons (Fsp3) is 0.462. The van der Waals surface area contributed by atoms with Crippen molar-refractivity contribution < 1.29 is 27.8 Å². The number of carboxylic acid groups (broad SMARTS) is 1. The second-order valence-corrected chi connectivity index (χ2v) is 6.24. The number of carbonyl (C=O) groups is 1. The van der Waals surface area contributed by atoms with Gasteiger partial charge in [0.15, 0.2) is 6.61 Å². The molecular formula is C13H19NO6S. The van der Waals surface area contributed by atoms with Gasteiger partial charge in [-0.3, -0.25) is 0 Å². The van der Waals surface area contributed by atoms with Crippen LogP contribution in [0.15, 0.2) is 29.2 Å². The van der Waals surface area contributed by atoms with E-state index < -0.39 is 22.6 Å². The molecular weight excluding hydrogens is 298 g/mol. The quantitative estimate of drug-likeness (QED) is 0.655. The molecule has 0 unspecified atom stereocenters. The van der Waals surface area contributed by atoms with Gasteiger partial charge in [0.05, 0.1) is 17.6 Å². The summed E-state index contributed by atoms with van der Waals surface area (Å²) in [6.45, 7) is 3.72. The van der Waals surface area contributed by atoms with Crippen LogP contribution in [0.25, 0.3) is 0 Å². The van der Waals surface area contributed by atoms with Gasteiger partial charge in [-0.2, -0.15) is 0 Å². The van der Waals surface area contributed by atoms with Crippen LogP contribution >= 0.6 is 0 Å². The zero-order chi connectivity index (χ0) is 15.9. The van der Waals surface area contributed by atoms with E-state index >= 15 is 0 Å². The smallest absolute Gasteiger partial charge is 0.341 e. The summed E-state index contributed by atoms with van der Waals surface area (Å²) in [5.74, 6) is -0.807. The third kappa shape index (κ3) is 6.56. The van der Waals surface area contributed by atoms with Gasteiger partial charge in [-0.05, 0) is 38.1 Å². The SMILES string of the molecule is CC(C)OCCNS(=O)(=O)c1ccc(OCC(=O)O)cc1. The number of nitrogens with one attached hydrogen (secondary N) is 1. The Bertz CT molecular complexity index is 553. The molecule has 0 atom stereocenters. The highest BCUT2D eigenvalue weighted by Gasteiger charge is 2.13. The van der Waals surface area contributed by atoms with E-state index in [0.29, 0.717) is 5.75 Å². The maximum atomic E-state index is 12.0. The Morgan fingerprint density at radius 3 is 2.43 bits per heavy atom. The predicted octanol–water partition coefficient (Wildman–Crippen LogP) is 0.853. The van der Waals surface area contributed by atoms with Gasteiger partial charge in [0.25, 0.3) is 0 Å². The molecule has 1 aromatic rings. The van der Waals surface area contributed by atoms with E-state index in [1.54, 1.807) is 0 Å². The van der Waals surface area contributed by atoms with Crippen molar-refractivity contribution in [2.75, 3.05) is 19.8 Å². The first-order valence-electron chi connectivity index (χ1n) is 6.37. The van der Waals surface area contributed by atoms with Crippen molar-refractivity contribution in [3.63, 3.8) is 0 Å². The van der Waals surface area contributed by atoms with Crippen molar-refractivity contribution in [1.29, 1.82) is 0 Å². The molecule has 0 radical (unpaired) electrons. The first-order chi connectivity index (χ1) is 9.81. The molecule has 0 aromatic heterocycles. The van der Waals surface area contributed by atoms with Crippen molar-refractivity contribution in [3.05, 3.63) is 24.3 Å². The van der Waals surface area contributed by atoms with E-state index in [2.05, 4.69) is 4.72 Å². The number of benzene rings is 1. The summed E-state index contributed by atoms with van der Waals surface area (Å²) >= 11 is 0. The molecule has 0 aliphatic heterocycles. The summed E-state index contributed by atoms with van der Waals surface area (Å²) in [5.41, 5.74) is 0. The minimum atomic E-state index is -3.61. The third-order valence-electron chi connectivity index (χ3n) is 2.34. The fourth-order valence-corrected chi connectivity index (χ4v) is 2.43. The lowest BCUT2D eigenvalue weighted by atomic mass is 10.3. The first kappa shape index (κ1) is 17.4. The van der Waals surface area contributed by atoms with Gasteiger partial charge in [0.1, 0.15) is 5.75 Å². The normalized spacial score (nSPS) is 11.6. The highest BCUT2D eigenvalue weighted by atomic mass is 32.2. The van der Waals surface area contributed by atoms with Crippen LogP contribution in [0.5, 0.6) is 5.75 Å². The highest BCUT2D eigenvalue weighted by molar-refractivity contribution is 7.89. The van der Waals surface area contributed by atoms with Crippen molar-refractivity contribution in [3.8, 4) is 5.75 Å². The Balaban J connectivity index is 2.56. The van der Waals surface area contributed by atoms with Crippen molar-refractivity contribution in [2.45, 2.75) is 24.8 Å². The second-order valence-electron chi connectivity index (χ2n) is 4.47. The molecule has 0 saturated heterocycles. The van der Waals surface area contributed by atoms with Gasteiger partial charge in [-0.25, -0.2) is 17.9 Å². The topological polar surface area (TPSA) is 102 Å². The minimum Gasteiger partial charge on any atom is -0.482 e. The molecule has 8 heteroatoms. The minimum absolute atomic E-state index is 0.0418. The maximum Gasteiger partial charge on any atom is 0.341 e.